The molecular weight excluding hydrogens is 1680 g/mol. The number of methoxy groups -OCH3 is 1. The average Bonchev–Trinajstić information content (AvgIpc) is 0.790. The molecule has 24 nitrogen and oxygen atoms in total. The highest BCUT2D eigenvalue weighted by Crippen LogP contribution is 2.43. The molecule has 16 aliphatic rings. The van der Waals surface area contributed by atoms with E-state index < -0.39 is 18.2 Å². The molecule has 6 aromatic carbocycles. The van der Waals surface area contributed by atoms with Gasteiger partial charge in [0.15, 0.2) is 12.2 Å². The number of likely N-dealkylation sites (tertiary alicyclic amines) is 4. The first-order valence-corrected chi connectivity index (χ1v) is 48.3. The average molecular weight is 1830 g/mol. The Kier molecular flexibility index (Phi) is 33.6. The Morgan fingerprint density at radius 1 is 0.348 bits per heavy atom. The molecule has 0 saturated carbocycles. The van der Waals surface area contributed by atoms with Gasteiger partial charge < -0.3 is 55.6 Å². The Bertz CT molecular complexity index is 4640. The number of benzene rings is 6. The summed E-state index contributed by atoms with van der Waals surface area (Å²) in [6.45, 7) is 41.0. The van der Waals surface area contributed by atoms with Crippen molar-refractivity contribution >= 4 is 35.4 Å². The number of nitrogens with zero attached hydrogens (tertiary/aromatic N) is 14. The first-order chi connectivity index (χ1) is 62.8. The van der Waals surface area contributed by atoms with Gasteiger partial charge in [-0.3, -0.25) is 63.1 Å². The fourth-order valence-corrected chi connectivity index (χ4v) is 22.0. The fourth-order valence-electron chi connectivity index (χ4n) is 22.0. The molecule has 16 saturated heterocycles. The number of aliphatic hydroxyl groups excluding tert-OH is 1. The molecule has 12 bridgehead atoms. The van der Waals surface area contributed by atoms with Crippen molar-refractivity contribution in [3.05, 3.63) is 214 Å². The van der Waals surface area contributed by atoms with Gasteiger partial charge in [0.25, 0.3) is 11.8 Å². The summed E-state index contributed by atoms with van der Waals surface area (Å²) in [6, 6.07) is 47.9. The predicted octanol–water partition coefficient (Wildman–Crippen LogP) is 11.2. The maximum absolute atomic E-state index is 13.3. The number of nitrogens with two attached hydrogens (primary N) is 2. The minimum absolute atomic E-state index is 0.0359. The topological polar surface area (TPSA) is 229 Å². The molecule has 22 rings (SSSR count). The largest absolute Gasteiger partial charge is 0.378 e. The number of piperidine rings is 6. The molecule has 6 aromatic rings. The van der Waals surface area contributed by atoms with Gasteiger partial charge in [-0.1, -0.05) is 109 Å². The van der Waals surface area contributed by atoms with Crippen molar-refractivity contribution in [2.45, 2.75) is 273 Å². The van der Waals surface area contributed by atoms with Gasteiger partial charge in [0.1, 0.15) is 35.4 Å². The second-order valence-corrected chi connectivity index (χ2v) is 41.0. The highest BCUT2D eigenvalue weighted by atomic mass is 19.1. The lowest BCUT2D eigenvalue weighted by Gasteiger charge is -2.58. The zero-order chi connectivity index (χ0) is 95.3. The van der Waals surface area contributed by atoms with Crippen molar-refractivity contribution < 1.29 is 56.2 Å². The molecule has 132 heavy (non-hydrogen) atoms. The molecule has 18 unspecified atom stereocenters. The van der Waals surface area contributed by atoms with E-state index in [9.17, 15) is 51.4 Å². The smallest absolute Gasteiger partial charge is 0.256 e. The lowest BCUT2D eigenvalue weighted by molar-refractivity contribution is -0.166. The molecule has 720 valence electrons. The summed E-state index contributed by atoms with van der Waals surface area (Å²) >= 11 is 0. The number of hydrogen-bond acceptors (Lipinski definition) is 18. The molecule has 0 radical (unpaired) electrons. The second-order valence-electron chi connectivity index (χ2n) is 41.0. The molecule has 16 fully saturated rings. The summed E-state index contributed by atoms with van der Waals surface area (Å²) in [5.41, 5.74) is 18.0. The van der Waals surface area contributed by atoms with E-state index in [-0.39, 0.29) is 101 Å². The minimum Gasteiger partial charge on any atom is -0.378 e. The number of carbonyl (C=O) groups excluding carboxylic acids is 6. The monoisotopic (exact) mass is 1830 g/mol. The normalized spacial score (nSPS) is 26.0. The Balaban J connectivity index is 0.000000135. The third-order valence-corrected chi connectivity index (χ3v) is 29.8. The maximum Gasteiger partial charge on any atom is 0.256 e. The van der Waals surface area contributed by atoms with E-state index >= 15 is 0 Å². The molecular formula is C104H148F4N16O8. The first kappa shape index (κ1) is 101. The molecule has 0 aromatic heterocycles. The zero-order valence-corrected chi connectivity index (χ0v) is 81.2. The van der Waals surface area contributed by atoms with Crippen LogP contribution in [-0.4, -0.2) is 345 Å². The highest BCUT2D eigenvalue weighted by molar-refractivity contribution is 5.88. The van der Waals surface area contributed by atoms with Gasteiger partial charge in [0.2, 0.25) is 23.6 Å². The number of aliphatic hydroxyl groups is 1. The summed E-state index contributed by atoms with van der Waals surface area (Å²) in [6.07, 6.45) is 4.95. The van der Waals surface area contributed by atoms with Crippen molar-refractivity contribution in [2.24, 2.45) is 11.5 Å². The molecule has 28 heteroatoms. The maximum atomic E-state index is 13.3. The fraction of sp³-hybridized carbons (Fsp3) is 0.596. The van der Waals surface area contributed by atoms with Gasteiger partial charge in [-0.05, 0) is 239 Å². The number of carbonyl (C=O) groups is 6. The Morgan fingerprint density at radius 3 is 0.917 bits per heavy atom. The van der Waals surface area contributed by atoms with Crippen LogP contribution in [-0.2, 0) is 33.5 Å². The predicted molar refractivity (Wildman–Crippen MR) is 509 cm³/mol. The van der Waals surface area contributed by atoms with Crippen LogP contribution in [0.1, 0.15) is 197 Å². The van der Waals surface area contributed by atoms with Gasteiger partial charge in [0, 0.05) is 207 Å². The number of rotatable bonds is 23. The Morgan fingerprint density at radius 2 is 0.614 bits per heavy atom. The van der Waals surface area contributed by atoms with E-state index in [1.807, 2.05) is 78.1 Å². The van der Waals surface area contributed by atoms with E-state index in [4.69, 9.17) is 16.2 Å². The highest BCUT2D eigenvalue weighted by Gasteiger charge is 2.55. The van der Waals surface area contributed by atoms with Crippen LogP contribution in [0.25, 0.3) is 0 Å². The summed E-state index contributed by atoms with van der Waals surface area (Å²) in [5.74, 6) is -1.29. The van der Waals surface area contributed by atoms with Crippen molar-refractivity contribution in [2.75, 3.05) is 127 Å². The van der Waals surface area contributed by atoms with Crippen molar-refractivity contribution in [3.8, 4) is 0 Å². The standard InChI is InChI=1S/C20H31N3O.C18H26FN3O.C17H24FN3O.C17H24N2O2.C16H22FN3O.C16H21FN2O2/c1-14(2)22-11-17-10-18(12-22)23(17)20(24)19(13-21(4)5)16-8-6-15(3)7-9-16;1-12(2)21-10-15-9-16(11-21)22(15)18(23)17(20(3)4)13-5-7-14(19)8-6-13;1-11(2)20-9-14-7-15(10-20)21(14)17(22)16(8-19)12-3-5-13(18)6-4-12;1-12(2)18-10-14-9-15(11-18)19(14)17(20)16(21-3)13-7-5-4-6-8-13;1-10(2)19-8-13-7-14(9-19)20(13)16(21)15(18)11-3-5-12(17)6-4-11;1-10(2)18-8-13-7-14(9-18)19(13)16(21)15(20)11-3-5-12(17)6-4-11/h6-9,14,17-19H,10-13H2,1-5H3;5-8,12,15-17H,9-11H2,1-4H3;3-6,11,14-16H,7-10,19H2,1-2H3;4-8,12,14-16H,9-11H2,1-3H3;3-6,10,13-15H,7-9,18H2,1-2H3;3-6,10,13-15,20H,7-9H2,1-2H3. The summed E-state index contributed by atoms with van der Waals surface area (Å²) in [5, 5.41) is 10.2. The van der Waals surface area contributed by atoms with Crippen molar-refractivity contribution in [3.63, 3.8) is 0 Å². The van der Waals surface area contributed by atoms with E-state index in [2.05, 4.69) is 163 Å². The van der Waals surface area contributed by atoms with E-state index in [0.29, 0.717) is 102 Å². The van der Waals surface area contributed by atoms with Crippen LogP contribution >= 0.6 is 0 Å². The molecule has 5 N–H and O–H groups in total. The SMILES string of the molecule is CC(C)N1CC2CC(C1)N2C(=O)C(CN)c1ccc(F)cc1.CC(C)N1CC2CC(C1)N2C(=O)C(N)c1ccc(F)cc1.CC(C)N1CC2CC(C1)N2C(=O)C(O)c1ccc(F)cc1.CC(C)N1CC2CC(C1)N2C(=O)C(c1ccc(F)cc1)N(C)C.COC(C(=O)N1C2CC1CN(C(C)C)C2)c1ccccc1.Cc1ccc(C(CN(C)C)C(=O)N2C3CC2CN(C(C)C)C3)cc1. The van der Waals surface area contributed by atoms with E-state index in [1.165, 1.54) is 72.6 Å². The summed E-state index contributed by atoms with van der Waals surface area (Å²) in [7, 11) is 9.52. The lowest BCUT2D eigenvalue weighted by atomic mass is 9.84. The molecule has 16 heterocycles. The molecule has 0 aliphatic carbocycles. The van der Waals surface area contributed by atoms with E-state index in [1.54, 1.807) is 43.5 Å². The number of amides is 6. The van der Waals surface area contributed by atoms with Crippen LogP contribution in [0.4, 0.5) is 17.6 Å². The number of piperazine rings is 6. The van der Waals surface area contributed by atoms with Crippen LogP contribution in [0, 0.1) is 30.2 Å². The number of likely N-dealkylation sites (N-methyl/N-ethyl adjacent to an activating group) is 2. The second kappa shape index (κ2) is 44.0. The molecule has 6 amide bonds. The van der Waals surface area contributed by atoms with Gasteiger partial charge in [0.05, 0.1) is 11.8 Å². The van der Waals surface area contributed by atoms with E-state index in [0.717, 1.165) is 139 Å². The summed E-state index contributed by atoms with van der Waals surface area (Å²) in [4.78, 5) is 108. The van der Waals surface area contributed by atoms with Crippen molar-refractivity contribution in [1.29, 1.82) is 0 Å². The number of hydrogen-bond donors (Lipinski definition) is 3. The van der Waals surface area contributed by atoms with Crippen LogP contribution in [0.3, 0.4) is 0 Å². The van der Waals surface area contributed by atoms with Crippen LogP contribution in [0.15, 0.2) is 152 Å². The van der Waals surface area contributed by atoms with Gasteiger partial charge >= 0.3 is 0 Å². The Hall–Kier alpha value is -8.62. The lowest BCUT2D eigenvalue weighted by Crippen LogP contribution is -2.71. The number of halogens is 4. The van der Waals surface area contributed by atoms with Gasteiger partial charge in [-0.25, -0.2) is 17.6 Å². The number of aryl methyl sites for hydroxylation is 1. The van der Waals surface area contributed by atoms with Crippen LogP contribution < -0.4 is 11.5 Å². The third-order valence-electron chi connectivity index (χ3n) is 29.8. The molecule has 18 atom stereocenters. The Labute approximate surface area is 781 Å². The quantitative estimate of drug-likeness (QED) is 0.0507. The van der Waals surface area contributed by atoms with Gasteiger partial charge in [-0.15, -0.1) is 0 Å². The van der Waals surface area contributed by atoms with Crippen molar-refractivity contribution in [1.82, 2.24) is 68.6 Å². The number of ether oxygens (including phenoxy) is 1. The van der Waals surface area contributed by atoms with Crippen LogP contribution in [0.5, 0.6) is 0 Å². The molecule has 0 spiro atoms. The van der Waals surface area contributed by atoms with Gasteiger partial charge in [-0.2, -0.15) is 0 Å². The minimum atomic E-state index is -1.19. The molecule has 16 aliphatic heterocycles. The zero-order valence-electron chi connectivity index (χ0n) is 81.2. The summed E-state index contributed by atoms with van der Waals surface area (Å²) < 4.78 is 57.6. The third kappa shape index (κ3) is 22.9. The number of fused-ring (bicyclic) bond motifs is 12. The first-order valence-electron chi connectivity index (χ1n) is 48.3. The van der Waals surface area contributed by atoms with Crippen LogP contribution in [0.2, 0.25) is 0 Å².